The molecular formula is C36H44N2O11. The maximum atomic E-state index is 12.3. The summed E-state index contributed by atoms with van der Waals surface area (Å²) in [7, 11) is 0. The van der Waals surface area contributed by atoms with Crippen molar-refractivity contribution in [2.45, 2.75) is 97.6 Å². The third-order valence-corrected chi connectivity index (χ3v) is 7.67. The molecule has 3 aromatic rings. The van der Waals surface area contributed by atoms with Gasteiger partial charge in [0.1, 0.15) is 12.7 Å². The van der Waals surface area contributed by atoms with E-state index in [1.54, 1.807) is 0 Å². The Labute approximate surface area is 285 Å². The Balaban J connectivity index is 1.56. The van der Waals surface area contributed by atoms with Crippen LogP contribution in [0.25, 0.3) is 0 Å². The Hall–Kier alpha value is -4.75. The topological polar surface area (TPSA) is 162 Å². The molecule has 1 aliphatic rings. The number of aromatic amines is 1. The lowest BCUT2D eigenvalue weighted by Crippen LogP contribution is -2.63. The Morgan fingerprint density at radius 1 is 0.776 bits per heavy atom. The number of esters is 4. The van der Waals surface area contributed by atoms with E-state index >= 15 is 0 Å². The van der Waals surface area contributed by atoms with Gasteiger partial charge in [0.2, 0.25) is 18.3 Å². The van der Waals surface area contributed by atoms with Crippen LogP contribution in [-0.2, 0) is 67.0 Å². The minimum atomic E-state index is -1.40. The Morgan fingerprint density at radius 3 is 2.00 bits per heavy atom. The molecule has 0 bridgehead atoms. The lowest BCUT2D eigenvalue weighted by molar-refractivity contribution is -0.289. The number of ether oxygens (including phenoxy) is 7. The number of rotatable bonds is 15. The van der Waals surface area contributed by atoms with Crippen LogP contribution >= 0.6 is 0 Å². The molecule has 0 aliphatic carbocycles. The van der Waals surface area contributed by atoms with Gasteiger partial charge in [-0.2, -0.15) is 0 Å². The first kappa shape index (κ1) is 37.1. The molecule has 0 amide bonds. The standard InChI is InChI=1S/C36H44N2O11/c1-21(2)31-29(18-27-14-12-26(13-15-27)16-17-43-19-28-10-8-7-9-11-28)35(38-37-31)49-36-34(47-25(6)42)33(46-24(5)41)32(45-23(4)40)30(48-36)20-44-22(3)39/h7-15,21,30,32-34,36H,16-20H2,1-6H3,(H,37,38)/t30-,32-,33+,34-,36?/m1/s1. The van der Waals surface area contributed by atoms with E-state index in [0.717, 1.165) is 48.2 Å². The van der Waals surface area contributed by atoms with Crippen LogP contribution in [0.2, 0.25) is 0 Å². The molecule has 0 saturated carbocycles. The van der Waals surface area contributed by atoms with Crippen LogP contribution in [0.15, 0.2) is 54.6 Å². The molecule has 1 fully saturated rings. The van der Waals surface area contributed by atoms with Crippen LogP contribution in [0.5, 0.6) is 5.88 Å². The van der Waals surface area contributed by atoms with Crippen LogP contribution in [0.3, 0.4) is 0 Å². The average molecular weight is 681 g/mol. The van der Waals surface area contributed by atoms with Crippen molar-refractivity contribution in [2.24, 2.45) is 0 Å². The summed E-state index contributed by atoms with van der Waals surface area (Å²) in [5.41, 5.74) is 4.80. The molecule has 0 spiro atoms. The van der Waals surface area contributed by atoms with Crippen molar-refractivity contribution in [2.75, 3.05) is 13.2 Å². The van der Waals surface area contributed by atoms with Crippen LogP contribution in [0.1, 0.15) is 75.4 Å². The molecule has 13 heteroatoms. The highest BCUT2D eigenvalue weighted by Crippen LogP contribution is 2.34. The van der Waals surface area contributed by atoms with Gasteiger partial charge in [-0.25, -0.2) is 0 Å². The maximum Gasteiger partial charge on any atom is 0.303 e. The van der Waals surface area contributed by atoms with Crippen LogP contribution in [-0.4, -0.2) is 78.0 Å². The van der Waals surface area contributed by atoms with Crippen molar-refractivity contribution in [1.29, 1.82) is 0 Å². The molecule has 49 heavy (non-hydrogen) atoms. The minimum absolute atomic E-state index is 0.0382. The highest BCUT2D eigenvalue weighted by atomic mass is 16.7. The van der Waals surface area contributed by atoms with E-state index < -0.39 is 54.6 Å². The molecule has 5 atom stereocenters. The van der Waals surface area contributed by atoms with E-state index in [4.69, 9.17) is 33.2 Å². The van der Waals surface area contributed by atoms with Crippen molar-refractivity contribution in [3.63, 3.8) is 0 Å². The third kappa shape index (κ3) is 10.9. The molecule has 2 heterocycles. The molecule has 1 aliphatic heterocycles. The van der Waals surface area contributed by atoms with E-state index in [9.17, 15) is 19.2 Å². The average Bonchev–Trinajstić information content (AvgIpc) is 3.43. The Kier molecular flexibility index (Phi) is 13.3. The number of hydrogen-bond donors (Lipinski definition) is 1. The molecular weight excluding hydrogens is 636 g/mol. The van der Waals surface area contributed by atoms with Gasteiger partial charge in [0.25, 0.3) is 0 Å². The quantitative estimate of drug-likeness (QED) is 0.138. The number of benzene rings is 2. The summed E-state index contributed by atoms with van der Waals surface area (Å²) in [4.78, 5) is 48.2. The molecule has 1 saturated heterocycles. The van der Waals surface area contributed by atoms with Gasteiger partial charge in [-0.3, -0.25) is 24.3 Å². The molecule has 13 nitrogen and oxygen atoms in total. The van der Waals surface area contributed by atoms with Gasteiger partial charge in [-0.15, -0.1) is 5.10 Å². The van der Waals surface area contributed by atoms with Gasteiger partial charge in [-0.05, 0) is 29.0 Å². The van der Waals surface area contributed by atoms with E-state index in [1.165, 1.54) is 13.8 Å². The van der Waals surface area contributed by atoms with Crippen LogP contribution in [0, 0.1) is 0 Å². The SMILES string of the molecule is CC(=O)OC[C@H]1OC(Oc2n[nH]c(C(C)C)c2Cc2ccc(CCOCc3ccccc3)cc2)[C@H](OC(C)=O)[C@@H](OC(C)=O)[C@@H]1OC(C)=O. The van der Waals surface area contributed by atoms with E-state index in [0.29, 0.717) is 19.6 Å². The molecule has 0 radical (unpaired) electrons. The number of hydrogen-bond acceptors (Lipinski definition) is 12. The molecule has 2 aromatic carbocycles. The number of carbonyl (C=O) groups is 4. The monoisotopic (exact) mass is 680 g/mol. The summed E-state index contributed by atoms with van der Waals surface area (Å²) in [5.74, 6) is -2.59. The highest BCUT2D eigenvalue weighted by molar-refractivity contribution is 5.68. The van der Waals surface area contributed by atoms with E-state index in [1.807, 2.05) is 56.3 Å². The maximum absolute atomic E-state index is 12.3. The number of aromatic nitrogens is 2. The van der Waals surface area contributed by atoms with Crippen LogP contribution < -0.4 is 4.74 Å². The van der Waals surface area contributed by atoms with E-state index in [-0.39, 0.29) is 18.4 Å². The predicted molar refractivity (Wildman–Crippen MR) is 174 cm³/mol. The number of nitrogens with one attached hydrogen (secondary N) is 1. The highest BCUT2D eigenvalue weighted by Gasteiger charge is 2.53. The fourth-order valence-corrected chi connectivity index (χ4v) is 5.48. The van der Waals surface area contributed by atoms with Gasteiger partial charge < -0.3 is 33.2 Å². The van der Waals surface area contributed by atoms with E-state index in [2.05, 4.69) is 22.3 Å². The molecule has 1 N–H and O–H groups in total. The summed E-state index contributed by atoms with van der Waals surface area (Å²) < 4.78 is 40.0. The fraction of sp³-hybridized carbons (Fsp3) is 0.472. The third-order valence-electron chi connectivity index (χ3n) is 7.67. The second-order valence-electron chi connectivity index (χ2n) is 12.0. The van der Waals surface area contributed by atoms with Crippen molar-refractivity contribution >= 4 is 23.9 Å². The largest absolute Gasteiger partial charge is 0.463 e. The first-order valence-corrected chi connectivity index (χ1v) is 16.1. The Bertz CT molecular complexity index is 1550. The van der Waals surface area contributed by atoms with Gasteiger partial charge in [-0.1, -0.05) is 68.4 Å². The summed E-state index contributed by atoms with van der Waals surface area (Å²) in [6.07, 6.45) is -5.39. The first-order valence-electron chi connectivity index (χ1n) is 16.1. The van der Waals surface area contributed by atoms with Gasteiger partial charge >= 0.3 is 23.9 Å². The zero-order valence-electron chi connectivity index (χ0n) is 28.6. The molecule has 264 valence electrons. The second kappa shape index (κ2) is 17.6. The van der Waals surface area contributed by atoms with Crippen molar-refractivity contribution < 1.29 is 52.3 Å². The van der Waals surface area contributed by atoms with Gasteiger partial charge in [0, 0.05) is 45.4 Å². The summed E-state index contributed by atoms with van der Waals surface area (Å²) in [6.45, 7) is 9.48. The predicted octanol–water partition coefficient (Wildman–Crippen LogP) is 4.35. The Morgan fingerprint density at radius 2 is 1.39 bits per heavy atom. The molecule has 4 rings (SSSR count). The zero-order valence-corrected chi connectivity index (χ0v) is 28.6. The van der Waals surface area contributed by atoms with Crippen molar-refractivity contribution in [3.8, 4) is 5.88 Å². The molecule has 1 unspecified atom stereocenters. The van der Waals surface area contributed by atoms with Gasteiger partial charge in [0.05, 0.1) is 13.2 Å². The minimum Gasteiger partial charge on any atom is -0.463 e. The lowest BCUT2D eigenvalue weighted by Gasteiger charge is -2.43. The number of carbonyl (C=O) groups excluding carboxylic acids is 4. The first-order chi connectivity index (χ1) is 23.4. The molecule has 1 aromatic heterocycles. The number of nitrogens with zero attached hydrogens (tertiary/aromatic N) is 1. The zero-order chi connectivity index (χ0) is 35.5. The summed E-state index contributed by atoms with van der Waals surface area (Å²) in [5, 5.41) is 7.47. The van der Waals surface area contributed by atoms with Gasteiger partial charge in [0.15, 0.2) is 12.2 Å². The fourth-order valence-electron chi connectivity index (χ4n) is 5.48. The lowest BCUT2D eigenvalue weighted by atomic mass is 9.97. The normalized spacial score (nSPS) is 20.3. The summed E-state index contributed by atoms with van der Waals surface area (Å²) >= 11 is 0. The number of H-pyrrole nitrogens is 1. The summed E-state index contributed by atoms with van der Waals surface area (Å²) in [6, 6.07) is 18.2. The smallest absolute Gasteiger partial charge is 0.303 e. The van der Waals surface area contributed by atoms with Crippen LogP contribution in [0.4, 0.5) is 0 Å². The van der Waals surface area contributed by atoms with Crippen molar-refractivity contribution in [1.82, 2.24) is 10.2 Å². The van der Waals surface area contributed by atoms with Crippen molar-refractivity contribution in [3.05, 3.63) is 82.5 Å². The second-order valence-corrected chi connectivity index (χ2v) is 12.0.